The fraction of sp³-hybridized carbons (Fsp3) is 0.267. The second-order valence-electron chi connectivity index (χ2n) is 4.92. The molecular formula is C15H17Cl2N3. The summed E-state index contributed by atoms with van der Waals surface area (Å²) < 4.78 is 0. The third kappa shape index (κ3) is 3.56. The van der Waals surface area contributed by atoms with Gasteiger partial charge in [-0.05, 0) is 37.6 Å². The average Bonchev–Trinajstić information content (AvgIpc) is 2.39. The van der Waals surface area contributed by atoms with E-state index in [2.05, 4.69) is 23.7 Å². The van der Waals surface area contributed by atoms with Crippen LogP contribution in [0, 0.1) is 0 Å². The molecule has 1 aromatic heterocycles. The van der Waals surface area contributed by atoms with Crippen molar-refractivity contribution >= 4 is 34.7 Å². The lowest BCUT2D eigenvalue weighted by Gasteiger charge is -2.28. The highest BCUT2D eigenvalue weighted by molar-refractivity contribution is 6.36. The minimum atomic E-state index is 0.263. The van der Waals surface area contributed by atoms with Gasteiger partial charge >= 0.3 is 0 Å². The van der Waals surface area contributed by atoms with Crippen LogP contribution < -0.4 is 10.6 Å². The van der Waals surface area contributed by atoms with Crippen molar-refractivity contribution in [2.24, 2.45) is 0 Å². The van der Waals surface area contributed by atoms with Crippen molar-refractivity contribution < 1.29 is 0 Å². The first-order valence-corrected chi connectivity index (χ1v) is 7.15. The summed E-state index contributed by atoms with van der Waals surface area (Å²) in [5.74, 6) is 0.739. The normalized spacial score (nSPS) is 10.8. The molecule has 3 nitrogen and oxygen atoms in total. The van der Waals surface area contributed by atoms with Crippen LogP contribution in [0.1, 0.15) is 19.4 Å². The summed E-state index contributed by atoms with van der Waals surface area (Å²) >= 11 is 12.2. The van der Waals surface area contributed by atoms with Gasteiger partial charge in [0.25, 0.3) is 0 Å². The Balaban J connectivity index is 2.29. The molecule has 0 spiro atoms. The minimum Gasteiger partial charge on any atom is -0.399 e. The number of hydrogen-bond donors (Lipinski definition) is 1. The van der Waals surface area contributed by atoms with Crippen molar-refractivity contribution in [1.82, 2.24) is 4.98 Å². The lowest BCUT2D eigenvalue weighted by atomic mass is 10.1. The van der Waals surface area contributed by atoms with E-state index < -0.39 is 0 Å². The highest BCUT2D eigenvalue weighted by atomic mass is 35.5. The number of hydrogen-bond acceptors (Lipinski definition) is 3. The van der Waals surface area contributed by atoms with Crippen molar-refractivity contribution in [2.45, 2.75) is 26.4 Å². The summed E-state index contributed by atoms with van der Waals surface area (Å²) in [4.78, 5) is 6.48. The highest BCUT2D eigenvalue weighted by Crippen LogP contribution is 2.28. The molecule has 0 aliphatic carbocycles. The third-order valence-electron chi connectivity index (χ3n) is 3.02. The van der Waals surface area contributed by atoms with Crippen molar-refractivity contribution in [2.75, 3.05) is 10.6 Å². The first-order valence-electron chi connectivity index (χ1n) is 6.39. The van der Waals surface area contributed by atoms with Crippen LogP contribution in [0.15, 0.2) is 36.5 Å². The number of aromatic nitrogens is 1. The quantitative estimate of drug-likeness (QED) is 0.852. The topological polar surface area (TPSA) is 42.1 Å². The van der Waals surface area contributed by atoms with E-state index in [0.29, 0.717) is 16.6 Å². The van der Waals surface area contributed by atoms with E-state index in [4.69, 9.17) is 28.9 Å². The second-order valence-corrected chi connectivity index (χ2v) is 5.77. The maximum atomic E-state index is 6.25. The van der Waals surface area contributed by atoms with Crippen molar-refractivity contribution in [3.8, 4) is 0 Å². The van der Waals surface area contributed by atoms with E-state index in [1.165, 1.54) is 0 Å². The van der Waals surface area contributed by atoms with Crippen LogP contribution in [0.3, 0.4) is 0 Å². The largest absolute Gasteiger partial charge is 0.399 e. The van der Waals surface area contributed by atoms with Gasteiger partial charge < -0.3 is 10.6 Å². The zero-order chi connectivity index (χ0) is 14.7. The lowest BCUT2D eigenvalue weighted by molar-refractivity contribution is 0.673. The standard InChI is InChI=1S/C15H17Cl2N3/c1-10(2)20(9-11-3-5-13(18)6-4-11)15-14(17)7-12(16)8-19-15/h3-8,10H,9,18H2,1-2H3. The molecule has 2 rings (SSSR count). The maximum Gasteiger partial charge on any atom is 0.147 e. The van der Waals surface area contributed by atoms with E-state index >= 15 is 0 Å². The second kappa shape index (κ2) is 6.33. The van der Waals surface area contributed by atoms with Crippen LogP contribution in [0.4, 0.5) is 11.5 Å². The predicted molar refractivity (Wildman–Crippen MR) is 86.4 cm³/mol. The Hall–Kier alpha value is -1.45. The molecule has 20 heavy (non-hydrogen) atoms. The molecule has 0 amide bonds. The molecule has 0 aliphatic rings. The van der Waals surface area contributed by atoms with Gasteiger partial charge in [0.2, 0.25) is 0 Å². The van der Waals surface area contributed by atoms with Crippen LogP contribution in [0.25, 0.3) is 0 Å². The van der Waals surface area contributed by atoms with E-state index in [9.17, 15) is 0 Å². The number of nitrogens with zero attached hydrogens (tertiary/aromatic N) is 2. The maximum absolute atomic E-state index is 6.25. The SMILES string of the molecule is CC(C)N(Cc1ccc(N)cc1)c1ncc(Cl)cc1Cl. The summed E-state index contributed by atoms with van der Waals surface area (Å²) in [7, 11) is 0. The zero-order valence-electron chi connectivity index (χ0n) is 11.5. The number of nitrogens with two attached hydrogens (primary N) is 1. The number of anilines is 2. The van der Waals surface area contributed by atoms with E-state index in [0.717, 1.165) is 17.1 Å². The van der Waals surface area contributed by atoms with Gasteiger partial charge in [-0.1, -0.05) is 35.3 Å². The smallest absolute Gasteiger partial charge is 0.147 e. The monoisotopic (exact) mass is 309 g/mol. The van der Waals surface area contributed by atoms with Gasteiger partial charge in [0.15, 0.2) is 0 Å². The van der Waals surface area contributed by atoms with Crippen LogP contribution in [0.2, 0.25) is 10.0 Å². The predicted octanol–water partition coefficient (Wildman–Crippen LogP) is 4.39. The van der Waals surface area contributed by atoms with Crippen LogP contribution in [-0.4, -0.2) is 11.0 Å². The molecule has 0 saturated carbocycles. The molecule has 2 aromatic rings. The molecule has 1 heterocycles. The molecule has 1 aromatic carbocycles. The Kier molecular flexibility index (Phi) is 4.73. The molecule has 0 saturated heterocycles. The Morgan fingerprint density at radius 2 is 1.85 bits per heavy atom. The van der Waals surface area contributed by atoms with Gasteiger partial charge in [-0.25, -0.2) is 4.98 Å². The average molecular weight is 310 g/mol. The third-order valence-corrected chi connectivity index (χ3v) is 3.50. The number of halogens is 2. The summed E-state index contributed by atoms with van der Waals surface area (Å²) in [5, 5.41) is 1.09. The molecule has 0 bridgehead atoms. The van der Waals surface area contributed by atoms with Crippen LogP contribution in [0.5, 0.6) is 0 Å². The molecule has 5 heteroatoms. The van der Waals surface area contributed by atoms with Crippen molar-refractivity contribution in [1.29, 1.82) is 0 Å². The van der Waals surface area contributed by atoms with Gasteiger partial charge in [-0.15, -0.1) is 0 Å². The van der Waals surface area contributed by atoms with E-state index in [1.54, 1.807) is 12.3 Å². The zero-order valence-corrected chi connectivity index (χ0v) is 13.0. The molecule has 0 aliphatic heterocycles. The minimum absolute atomic E-state index is 0.263. The van der Waals surface area contributed by atoms with Gasteiger partial charge in [-0.2, -0.15) is 0 Å². The molecule has 0 unspecified atom stereocenters. The Morgan fingerprint density at radius 1 is 1.20 bits per heavy atom. The highest BCUT2D eigenvalue weighted by Gasteiger charge is 2.16. The van der Waals surface area contributed by atoms with E-state index in [1.807, 2.05) is 24.3 Å². The first kappa shape index (κ1) is 14.9. The summed E-state index contributed by atoms with van der Waals surface area (Å²) in [6.45, 7) is 4.92. The number of benzene rings is 1. The molecular weight excluding hydrogens is 293 g/mol. The van der Waals surface area contributed by atoms with Gasteiger partial charge in [0.05, 0.1) is 10.0 Å². The van der Waals surface area contributed by atoms with Crippen LogP contribution in [-0.2, 0) is 6.54 Å². The fourth-order valence-electron chi connectivity index (χ4n) is 1.94. The van der Waals surface area contributed by atoms with Crippen molar-refractivity contribution in [3.63, 3.8) is 0 Å². The Bertz CT molecular complexity index is 582. The van der Waals surface area contributed by atoms with Crippen molar-refractivity contribution in [3.05, 3.63) is 52.1 Å². The molecule has 0 radical (unpaired) electrons. The van der Waals surface area contributed by atoms with Gasteiger partial charge in [0, 0.05) is 24.5 Å². The molecule has 0 atom stereocenters. The molecule has 2 N–H and O–H groups in total. The fourth-order valence-corrected chi connectivity index (χ4v) is 2.43. The number of pyridine rings is 1. The molecule has 106 valence electrons. The van der Waals surface area contributed by atoms with Gasteiger partial charge in [0.1, 0.15) is 5.82 Å². The molecule has 0 fully saturated rings. The first-order chi connectivity index (χ1) is 9.47. The van der Waals surface area contributed by atoms with Crippen LogP contribution >= 0.6 is 23.2 Å². The Labute approximate surface area is 129 Å². The Morgan fingerprint density at radius 3 is 2.40 bits per heavy atom. The summed E-state index contributed by atoms with van der Waals surface area (Å²) in [6.07, 6.45) is 1.61. The lowest BCUT2D eigenvalue weighted by Crippen LogP contribution is -2.31. The summed E-state index contributed by atoms with van der Waals surface area (Å²) in [5.41, 5.74) is 7.62. The number of nitrogen functional groups attached to an aromatic ring is 1. The number of rotatable bonds is 4. The summed E-state index contributed by atoms with van der Waals surface area (Å²) in [6, 6.07) is 9.78. The van der Waals surface area contributed by atoms with Gasteiger partial charge in [-0.3, -0.25) is 0 Å². The van der Waals surface area contributed by atoms with E-state index in [-0.39, 0.29) is 6.04 Å².